The Kier molecular flexibility index (Phi) is 2.27. The Morgan fingerprint density at radius 2 is 2.67 bits per heavy atom. The van der Waals surface area contributed by atoms with Crippen LogP contribution < -0.4 is 10.6 Å². The highest BCUT2D eigenvalue weighted by Gasteiger charge is 1.98. The fourth-order valence-corrected chi connectivity index (χ4v) is 0.829. The first-order chi connectivity index (χ1) is 4.43. The molecule has 0 aromatic heterocycles. The summed E-state index contributed by atoms with van der Waals surface area (Å²) < 4.78 is 0. The molecule has 2 N–H and O–H groups in total. The van der Waals surface area contributed by atoms with Crippen LogP contribution in [-0.2, 0) is 4.79 Å². The van der Waals surface area contributed by atoms with Crippen molar-refractivity contribution in [3.63, 3.8) is 0 Å². The first-order valence-electron chi connectivity index (χ1n) is 3.03. The SMILES string of the molecule is O=CNC1=CCNCC1. The highest BCUT2D eigenvalue weighted by molar-refractivity contribution is 5.50. The van der Waals surface area contributed by atoms with E-state index in [0.29, 0.717) is 0 Å². The van der Waals surface area contributed by atoms with Crippen LogP contribution in [-0.4, -0.2) is 19.5 Å². The topological polar surface area (TPSA) is 41.1 Å². The lowest BCUT2D eigenvalue weighted by Crippen LogP contribution is -2.25. The molecule has 50 valence electrons. The Balaban J connectivity index is 2.36. The van der Waals surface area contributed by atoms with E-state index in [0.717, 1.165) is 31.6 Å². The zero-order valence-electron chi connectivity index (χ0n) is 5.18. The van der Waals surface area contributed by atoms with E-state index in [1.807, 2.05) is 6.08 Å². The van der Waals surface area contributed by atoms with Crippen molar-refractivity contribution < 1.29 is 4.79 Å². The first-order valence-corrected chi connectivity index (χ1v) is 3.03. The summed E-state index contributed by atoms with van der Waals surface area (Å²) in [5.74, 6) is 0. The maximum Gasteiger partial charge on any atom is 0.211 e. The molecule has 0 spiro atoms. The van der Waals surface area contributed by atoms with Crippen molar-refractivity contribution in [2.75, 3.05) is 13.1 Å². The van der Waals surface area contributed by atoms with Crippen molar-refractivity contribution in [3.8, 4) is 0 Å². The second-order valence-electron chi connectivity index (χ2n) is 1.95. The summed E-state index contributed by atoms with van der Waals surface area (Å²) in [4.78, 5) is 9.90. The Morgan fingerprint density at radius 3 is 3.22 bits per heavy atom. The number of hydrogen-bond donors (Lipinski definition) is 2. The average molecular weight is 126 g/mol. The van der Waals surface area contributed by atoms with Gasteiger partial charge in [0.1, 0.15) is 0 Å². The molecule has 0 aromatic rings. The molecule has 0 atom stereocenters. The van der Waals surface area contributed by atoms with E-state index >= 15 is 0 Å². The van der Waals surface area contributed by atoms with E-state index in [4.69, 9.17) is 0 Å². The lowest BCUT2D eigenvalue weighted by molar-refractivity contribution is -0.109. The molecule has 1 rings (SSSR count). The summed E-state index contributed by atoms with van der Waals surface area (Å²) in [6.45, 7) is 1.84. The van der Waals surface area contributed by atoms with Crippen molar-refractivity contribution in [2.45, 2.75) is 6.42 Å². The Morgan fingerprint density at radius 1 is 1.78 bits per heavy atom. The van der Waals surface area contributed by atoms with E-state index in [-0.39, 0.29) is 0 Å². The third-order valence-electron chi connectivity index (χ3n) is 1.31. The fourth-order valence-electron chi connectivity index (χ4n) is 0.829. The number of nitrogens with one attached hydrogen (secondary N) is 2. The molecular weight excluding hydrogens is 116 g/mol. The van der Waals surface area contributed by atoms with Gasteiger partial charge in [-0.25, -0.2) is 0 Å². The van der Waals surface area contributed by atoms with Crippen LogP contribution in [0.15, 0.2) is 11.8 Å². The van der Waals surface area contributed by atoms with Gasteiger partial charge in [-0.3, -0.25) is 4.79 Å². The minimum atomic E-state index is 0.719. The van der Waals surface area contributed by atoms with Gasteiger partial charge in [0.15, 0.2) is 0 Å². The maximum absolute atomic E-state index is 9.90. The summed E-state index contributed by atoms with van der Waals surface area (Å²) in [5.41, 5.74) is 1.03. The molecule has 0 bridgehead atoms. The number of hydrogen-bond acceptors (Lipinski definition) is 2. The minimum absolute atomic E-state index is 0.719. The molecule has 0 fully saturated rings. The molecule has 0 saturated carbocycles. The molecule has 0 aromatic carbocycles. The molecule has 0 radical (unpaired) electrons. The first kappa shape index (κ1) is 6.29. The summed E-state index contributed by atoms with van der Waals surface area (Å²) in [6.07, 6.45) is 3.63. The quantitative estimate of drug-likeness (QED) is 0.495. The normalized spacial score (nSPS) is 18.4. The second kappa shape index (κ2) is 3.25. The molecule has 1 heterocycles. The van der Waals surface area contributed by atoms with Crippen LogP contribution in [0.2, 0.25) is 0 Å². The standard InChI is InChI=1S/C6H10N2O/c9-5-8-6-1-3-7-4-2-6/h1,5,7H,2-4H2,(H,8,9). The van der Waals surface area contributed by atoms with Crippen molar-refractivity contribution in [2.24, 2.45) is 0 Å². The molecule has 0 saturated heterocycles. The molecular formula is C6H10N2O. The molecule has 3 heteroatoms. The van der Waals surface area contributed by atoms with Crippen molar-refractivity contribution in [3.05, 3.63) is 11.8 Å². The van der Waals surface area contributed by atoms with Gasteiger partial charge in [0, 0.05) is 18.8 Å². The largest absolute Gasteiger partial charge is 0.333 e. The highest BCUT2D eigenvalue weighted by atomic mass is 16.1. The van der Waals surface area contributed by atoms with E-state index in [1.54, 1.807) is 0 Å². The smallest absolute Gasteiger partial charge is 0.211 e. The van der Waals surface area contributed by atoms with Gasteiger partial charge >= 0.3 is 0 Å². The van der Waals surface area contributed by atoms with Crippen molar-refractivity contribution >= 4 is 6.41 Å². The summed E-state index contributed by atoms with van der Waals surface area (Å²) in [6, 6.07) is 0. The lowest BCUT2D eigenvalue weighted by Gasteiger charge is -2.11. The summed E-state index contributed by atoms with van der Waals surface area (Å²) in [5, 5.41) is 5.77. The Labute approximate surface area is 54.1 Å². The van der Waals surface area contributed by atoms with Crippen LogP contribution in [0.25, 0.3) is 0 Å². The number of rotatable bonds is 2. The van der Waals surface area contributed by atoms with Crippen LogP contribution in [0.5, 0.6) is 0 Å². The molecule has 3 nitrogen and oxygen atoms in total. The van der Waals surface area contributed by atoms with Crippen LogP contribution in [0.4, 0.5) is 0 Å². The zero-order valence-corrected chi connectivity index (χ0v) is 5.18. The Bertz CT molecular complexity index is 131. The molecule has 1 aliphatic heterocycles. The monoisotopic (exact) mass is 126 g/mol. The highest BCUT2D eigenvalue weighted by Crippen LogP contribution is 1.97. The van der Waals surface area contributed by atoms with Gasteiger partial charge in [-0.15, -0.1) is 0 Å². The molecule has 9 heavy (non-hydrogen) atoms. The number of carbonyl (C=O) groups excluding carboxylic acids is 1. The number of amides is 1. The number of carbonyl (C=O) groups is 1. The summed E-state index contributed by atoms with van der Waals surface area (Å²) >= 11 is 0. The van der Waals surface area contributed by atoms with Gasteiger partial charge in [0.2, 0.25) is 6.41 Å². The van der Waals surface area contributed by atoms with E-state index in [9.17, 15) is 4.79 Å². The van der Waals surface area contributed by atoms with E-state index in [1.165, 1.54) is 0 Å². The van der Waals surface area contributed by atoms with Crippen molar-refractivity contribution in [1.29, 1.82) is 0 Å². The predicted molar refractivity (Wildman–Crippen MR) is 34.8 cm³/mol. The van der Waals surface area contributed by atoms with Crippen LogP contribution in [0.3, 0.4) is 0 Å². The third kappa shape index (κ3) is 1.85. The van der Waals surface area contributed by atoms with Crippen molar-refractivity contribution in [1.82, 2.24) is 10.6 Å². The van der Waals surface area contributed by atoms with Gasteiger partial charge in [-0.1, -0.05) is 6.08 Å². The second-order valence-corrected chi connectivity index (χ2v) is 1.95. The Hall–Kier alpha value is -0.830. The van der Waals surface area contributed by atoms with E-state index in [2.05, 4.69) is 10.6 Å². The maximum atomic E-state index is 9.90. The summed E-state index contributed by atoms with van der Waals surface area (Å²) in [7, 11) is 0. The van der Waals surface area contributed by atoms with Gasteiger partial charge in [-0.05, 0) is 6.42 Å². The third-order valence-corrected chi connectivity index (χ3v) is 1.31. The predicted octanol–water partition coefficient (Wildman–Crippen LogP) is -0.390. The van der Waals surface area contributed by atoms with E-state index < -0.39 is 0 Å². The van der Waals surface area contributed by atoms with Gasteiger partial charge in [-0.2, -0.15) is 0 Å². The minimum Gasteiger partial charge on any atom is -0.333 e. The molecule has 0 unspecified atom stereocenters. The average Bonchev–Trinajstić information content (AvgIpc) is 1.91. The van der Waals surface area contributed by atoms with Gasteiger partial charge in [0.05, 0.1) is 0 Å². The van der Waals surface area contributed by atoms with Gasteiger partial charge < -0.3 is 10.6 Å². The molecule has 1 aliphatic rings. The van der Waals surface area contributed by atoms with Gasteiger partial charge in [0.25, 0.3) is 0 Å². The van der Waals surface area contributed by atoms with Crippen LogP contribution in [0.1, 0.15) is 6.42 Å². The molecule has 0 aliphatic carbocycles. The molecule has 1 amide bonds. The zero-order chi connectivity index (χ0) is 6.53. The fraction of sp³-hybridized carbons (Fsp3) is 0.500. The van der Waals surface area contributed by atoms with Crippen LogP contribution >= 0.6 is 0 Å². The van der Waals surface area contributed by atoms with Crippen LogP contribution in [0, 0.1) is 0 Å². The lowest BCUT2D eigenvalue weighted by atomic mass is 10.2.